The van der Waals surface area contributed by atoms with Crippen LogP contribution in [0.3, 0.4) is 0 Å². The average molecular weight is 381 g/mol. The van der Waals surface area contributed by atoms with Gasteiger partial charge in [-0.1, -0.05) is 41.5 Å². The van der Waals surface area contributed by atoms with Gasteiger partial charge in [-0.3, -0.25) is 9.79 Å². The molecule has 0 aliphatic carbocycles. The van der Waals surface area contributed by atoms with Crippen molar-refractivity contribution in [1.82, 2.24) is 10.6 Å². The van der Waals surface area contributed by atoms with Crippen molar-refractivity contribution in [3.8, 4) is 0 Å². The quantitative estimate of drug-likeness (QED) is 0.484. The molecule has 0 spiro atoms. The van der Waals surface area contributed by atoms with E-state index < -0.39 is 0 Å². The van der Waals surface area contributed by atoms with Crippen LogP contribution >= 0.6 is 0 Å². The molecule has 28 heavy (non-hydrogen) atoms. The van der Waals surface area contributed by atoms with Crippen molar-refractivity contribution in [3.63, 3.8) is 0 Å². The van der Waals surface area contributed by atoms with E-state index >= 15 is 0 Å². The van der Waals surface area contributed by atoms with E-state index in [1.54, 1.807) is 0 Å². The fraction of sp³-hybridized carbons (Fsp3) is 0.391. The number of carbonyl (C=O) groups excluding carboxylic acids is 1. The van der Waals surface area contributed by atoms with E-state index in [2.05, 4.69) is 59.9 Å². The van der Waals surface area contributed by atoms with Crippen LogP contribution in [0, 0.1) is 13.8 Å². The van der Waals surface area contributed by atoms with E-state index in [-0.39, 0.29) is 5.91 Å². The molecular weight excluding hydrogens is 348 g/mol. The van der Waals surface area contributed by atoms with Gasteiger partial charge in [0.2, 0.25) is 5.91 Å². The minimum Gasteiger partial charge on any atom is -0.357 e. The molecule has 0 aliphatic heterocycles. The number of aliphatic imine (C=N–C) groups is 1. The zero-order valence-corrected chi connectivity index (χ0v) is 17.4. The van der Waals surface area contributed by atoms with Crippen molar-refractivity contribution in [2.75, 3.05) is 25.0 Å². The summed E-state index contributed by atoms with van der Waals surface area (Å²) in [4.78, 5) is 15.7. The second-order valence-corrected chi connectivity index (χ2v) is 7.06. The molecule has 5 heteroatoms. The molecule has 2 aromatic carbocycles. The van der Waals surface area contributed by atoms with Gasteiger partial charge in [0.05, 0.1) is 0 Å². The second-order valence-electron chi connectivity index (χ2n) is 7.06. The van der Waals surface area contributed by atoms with Crippen molar-refractivity contribution >= 4 is 17.6 Å². The van der Waals surface area contributed by atoms with Crippen LogP contribution in [0.2, 0.25) is 0 Å². The summed E-state index contributed by atoms with van der Waals surface area (Å²) in [7, 11) is 0. The fourth-order valence-corrected chi connectivity index (χ4v) is 3.14. The number of nitrogens with one attached hydrogen (secondary N) is 3. The first kappa shape index (κ1) is 21.5. The molecule has 3 N–H and O–H groups in total. The first-order valence-electron chi connectivity index (χ1n) is 9.92. The van der Waals surface area contributed by atoms with E-state index in [4.69, 9.17) is 0 Å². The molecule has 2 rings (SSSR count). The summed E-state index contributed by atoms with van der Waals surface area (Å²) in [5.74, 6) is 0.793. The molecule has 0 bridgehead atoms. The minimum absolute atomic E-state index is 0.0560. The molecule has 0 saturated heterocycles. The highest BCUT2D eigenvalue weighted by atomic mass is 16.1. The number of hydrogen-bond acceptors (Lipinski definition) is 2. The van der Waals surface area contributed by atoms with Crippen molar-refractivity contribution in [2.45, 2.75) is 40.5 Å². The normalized spacial score (nSPS) is 11.2. The minimum atomic E-state index is -0.0560. The summed E-state index contributed by atoms with van der Waals surface area (Å²) < 4.78 is 0. The fourth-order valence-electron chi connectivity index (χ4n) is 3.14. The zero-order valence-electron chi connectivity index (χ0n) is 17.4. The van der Waals surface area contributed by atoms with Gasteiger partial charge in [-0.25, -0.2) is 0 Å². The molecule has 0 heterocycles. The Morgan fingerprint density at radius 1 is 0.929 bits per heavy atom. The Bertz CT molecular complexity index is 776. The van der Waals surface area contributed by atoms with Crippen LogP contribution in [-0.2, 0) is 17.6 Å². The Balaban J connectivity index is 1.83. The maximum absolute atomic E-state index is 11.1. The number of anilines is 1. The maximum Gasteiger partial charge on any atom is 0.221 e. The van der Waals surface area contributed by atoms with Crippen molar-refractivity contribution in [1.29, 1.82) is 0 Å². The van der Waals surface area contributed by atoms with Gasteiger partial charge >= 0.3 is 0 Å². The first-order valence-corrected chi connectivity index (χ1v) is 9.92. The van der Waals surface area contributed by atoms with Gasteiger partial charge in [-0.2, -0.15) is 0 Å². The second kappa shape index (κ2) is 11.1. The lowest BCUT2D eigenvalue weighted by Crippen LogP contribution is -2.38. The van der Waals surface area contributed by atoms with Crippen molar-refractivity contribution in [3.05, 3.63) is 64.7 Å². The van der Waals surface area contributed by atoms with Gasteiger partial charge in [-0.05, 0) is 56.9 Å². The van der Waals surface area contributed by atoms with Crippen LogP contribution in [-0.4, -0.2) is 31.5 Å². The Kier molecular flexibility index (Phi) is 8.53. The molecule has 0 aromatic heterocycles. The first-order chi connectivity index (χ1) is 13.5. The molecule has 0 radical (unpaired) electrons. The third-order valence-corrected chi connectivity index (χ3v) is 4.28. The van der Waals surface area contributed by atoms with Crippen LogP contribution in [0.1, 0.15) is 36.1 Å². The highest BCUT2D eigenvalue weighted by molar-refractivity contribution is 5.88. The number of hydrogen-bond donors (Lipinski definition) is 3. The molecule has 1 amide bonds. The molecule has 5 nitrogen and oxygen atoms in total. The SMILES string of the molecule is CCNC(=NCCc1ccc(NC(C)=O)cc1)NCCc1cc(C)cc(C)c1. The van der Waals surface area contributed by atoms with E-state index in [9.17, 15) is 4.79 Å². The van der Waals surface area contributed by atoms with Crippen LogP contribution in [0.25, 0.3) is 0 Å². The van der Waals surface area contributed by atoms with Crippen LogP contribution < -0.4 is 16.0 Å². The Morgan fingerprint density at radius 2 is 1.61 bits per heavy atom. The summed E-state index contributed by atoms with van der Waals surface area (Å²) >= 11 is 0. The lowest BCUT2D eigenvalue weighted by atomic mass is 10.1. The predicted molar refractivity (Wildman–Crippen MR) is 118 cm³/mol. The maximum atomic E-state index is 11.1. The third-order valence-electron chi connectivity index (χ3n) is 4.28. The summed E-state index contributed by atoms with van der Waals surface area (Å²) in [6.07, 6.45) is 1.82. The molecule has 2 aromatic rings. The van der Waals surface area contributed by atoms with Crippen LogP contribution in [0.5, 0.6) is 0 Å². The number of carbonyl (C=O) groups is 1. The van der Waals surface area contributed by atoms with Gasteiger partial charge in [0, 0.05) is 32.2 Å². The van der Waals surface area contributed by atoms with E-state index in [1.165, 1.54) is 29.2 Å². The average Bonchev–Trinajstić information content (AvgIpc) is 2.62. The van der Waals surface area contributed by atoms with Gasteiger partial charge in [-0.15, -0.1) is 0 Å². The molecule has 0 aliphatic rings. The predicted octanol–water partition coefficient (Wildman–Crippen LogP) is 3.60. The van der Waals surface area contributed by atoms with E-state index in [1.807, 2.05) is 24.3 Å². The van der Waals surface area contributed by atoms with Crippen molar-refractivity contribution < 1.29 is 4.79 Å². The molecule has 0 saturated carbocycles. The zero-order chi connectivity index (χ0) is 20.4. The monoisotopic (exact) mass is 380 g/mol. The number of aryl methyl sites for hydroxylation is 2. The lowest BCUT2D eigenvalue weighted by Gasteiger charge is -2.12. The van der Waals surface area contributed by atoms with Crippen molar-refractivity contribution in [2.24, 2.45) is 4.99 Å². The van der Waals surface area contributed by atoms with E-state index in [0.717, 1.165) is 37.6 Å². The number of nitrogens with zero attached hydrogens (tertiary/aromatic N) is 1. The third kappa shape index (κ3) is 7.82. The molecule has 0 fully saturated rings. The molecule has 150 valence electrons. The Morgan fingerprint density at radius 3 is 2.21 bits per heavy atom. The highest BCUT2D eigenvalue weighted by Crippen LogP contribution is 2.10. The van der Waals surface area contributed by atoms with Crippen LogP contribution in [0.15, 0.2) is 47.5 Å². The number of rotatable bonds is 8. The molecular formula is C23H32N4O. The summed E-state index contributed by atoms with van der Waals surface area (Å²) in [5.41, 5.74) is 5.98. The van der Waals surface area contributed by atoms with Gasteiger partial charge < -0.3 is 16.0 Å². The number of guanidine groups is 1. The van der Waals surface area contributed by atoms with Gasteiger partial charge in [0.1, 0.15) is 0 Å². The lowest BCUT2D eigenvalue weighted by molar-refractivity contribution is -0.114. The van der Waals surface area contributed by atoms with Gasteiger partial charge in [0.15, 0.2) is 5.96 Å². The number of benzene rings is 2. The molecule has 0 unspecified atom stereocenters. The van der Waals surface area contributed by atoms with Gasteiger partial charge in [0.25, 0.3) is 0 Å². The summed E-state index contributed by atoms with van der Waals surface area (Å²) in [5, 5.41) is 9.50. The number of amides is 1. The van der Waals surface area contributed by atoms with E-state index in [0.29, 0.717) is 6.54 Å². The molecule has 0 atom stereocenters. The Labute approximate surface area is 168 Å². The Hall–Kier alpha value is -2.82. The summed E-state index contributed by atoms with van der Waals surface area (Å²) in [6.45, 7) is 10.2. The standard InChI is InChI=1S/C23H32N4O/c1-5-24-23(26-13-11-21-15-17(2)14-18(3)16-21)25-12-10-20-6-8-22(9-7-20)27-19(4)28/h6-9,14-16H,5,10-13H2,1-4H3,(H,27,28)(H2,24,25,26). The van der Waals surface area contributed by atoms with Crippen LogP contribution in [0.4, 0.5) is 5.69 Å². The summed E-state index contributed by atoms with van der Waals surface area (Å²) in [6, 6.07) is 14.6. The topological polar surface area (TPSA) is 65.5 Å². The largest absolute Gasteiger partial charge is 0.357 e. The smallest absolute Gasteiger partial charge is 0.221 e. The highest BCUT2D eigenvalue weighted by Gasteiger charge is 2.01.